The fraction of sp³-hybridized carbons (Fsp3) is 0.625. The van der Waals surface area contributed by atoms with Gasteiger partial charge in [-0.15, -0.1) is 0 Å². The van der Waals surface area contributed by atoms with Crippen molar-refractivity contribution in [3.8, 4) is 5.75 Å². The van der Waals surface area contributed by atoms with Crippen molar-refractivity contribution in [1.29, 1.82) is 0 Å². The van der Waals surface area contributed by atoms with Crippen molar-refractivity contribution < 1.29 is 4.74 Å². The molecule has 2 heterocycles. The first kappa shape index (κ1) is 12.9. The van der Waals surface area contributed by atoms with Crippen LogP contribution in [0.2, 0.25) is 0 Å². The van der Waals surface area contributed by atoms with Gasteiger partial charge < -0.3 is 10.5 Å². The molecule has 0 bridgehead atoms. The fourth-order valence-corrected chi connectivity index (χ4v) is 3.36. The molecule has 0 spiro atoms. The molecule has 3 heteroatoms. The van der Waals surface area contributed by atoms with Crippen LogP contribution in [0.5, 0.6) is 5.75 Å². The lowest BCUT2D eigenvalue weighted by molar-refractivity contribution is 0.134. The molecule has 1 saturated heterocycles. The molecule has 2 aliphatic rings. The Balaban J connectivity index is 1.69. The molecule has 1 aromatic rings. The minimum atomic E-state index is 0.684. The fourth-order valence-electron chi connectivity index (χ4n) is 3.36. The van der Waals surface area contributed by atoms with E-state index in [9.17, 15) is 0 Å². The number of hydrogen-bond donors (Lipinski definition) is 1. The van der Waals surface area contributed by atoms with Crippen LogP contribution in [0, 0.1) is 0 Å². The second kappa shape index (κ2) is 5.93. The monoisotopic (exact) mass is 260 g/mol. The van der Waals surface area contributed by atoms with Crippen LogP contribution in [-0.2, 0) is 13.0 Å². The van der Waals surface area contributed by atoms with Gasteiger partial charge in [0.15, 0.2) is 0 Å². The second-order valence-corrected chi connectivity index (χ2v) is 5.74. The van der Waals surface area contributed by atoms with E-state index in [1.165, 1.54) is 36.9 Å². The zero-order valence-corrected chi connectivity index (χ0v) is 11.6. The van der Waals surface area contributed by atoms with Gasteiger partial charge in [-0.3, -0.25) is 4.90 Å². The summed E-state index contributed by atoms with van der Waals surface area (Å²) >= 11 is 0. The van der Waals surface area contributed by atoms with Crippen LogP contribution >= 0.6 is 0 Å². The maximum atomic E-state index is 5.75. The Morgan fingerprint density at radius 3 is 3.16 bits per heavy atom. The number of ether oxygens (including phenoxy) is 1. The molecule has 0 aliphatic carbocycles. The van der Waals surface area contributed by atoms with Crippen molar-refractivity contribution in [3.05, 3.63) is 29.3 Å². The molecule has 2 aliphatic heterocycles. The normalized spacial score (nSPS) is 23.1. The molecule has 1 aromatic carbocycles. The first-order valence-electron chi connectivity index (χ1n) is 7.55. The van der Waals surface area contributed by atoms with Crippen molar-refractivity contribution in [2.24, 2.45) is 5.73 Å². The van der Waals surface area contributed by atoms with Gasteiger partial charge in [-0.05, 0) is 49.5 Å². The minimum absolute atomic E-state index is 0.684. The molecule has 1 unspecified atom stereocenters. The third-order valence-electron chi connectivity index (χ3n) is 4.39. The Bertz CT molecular complexity index is 431. The van der Waals surface area contributed by atoms with E-state index in [0.717, 1.165) is 38.3 Å². The van der Waals surface area contributed by atoms with E-state index in [4.69, 9.17) is 10.5 Å². The summed E-state index contributed by atoms with van der Waals surface area (Å²) in [7, 11) is 0. The lowest BCUT2D eigenvalue weighted by Crippen LogP contribution is -2.40. The first-order chi connectivity index (χ1) is 9.36. The highest BCUT2D eigenvalue weighted by molar-refractivity contribution is 5.39. The van der Waals surface area contributed by atoms with Gasteiger partial charge in [0.2, 0.25) is 0 Å². The SMILES string of the molecule is NCCC1CCCCN1Cc1ccc2c(c1)CCO2. The molecule has 3 nitrogen and oxygen atoms in total. The molecular formula is C16H24N2O. The quantitative estimate of drug-likeness (QED) is 0.903. The minimum Gasteiger partial charge on any atom is -0.493 e. The third kappa shape index (κ3) is 2.93. The average molecular weight is 260 g/mol. The van der Waals surface area contributed by atoms with E-state index >= 15 is 0 Å². The summed E-state index contributed by atoms with van der Waals surface area (Å²) in [5.41, 5.74) is 8.55. The number of benzene rings is 1. The van der Waals surface area contributed by atoms with Crippen LogP contribution in [0.25, 0.3) is 0 Å². The predicted octanol–water partition coefficient (Wildman–Crippen LogP) is 2.32. The average Bonchev–Trinajstić information content (AvgIpc) is 2.89. The zero-order valence-electron chi connectivity index (χ0n) is 11.6. The second-order valence-electron chi connectivity index (χ2n) is 5.74. The van der Waals surface area contributed by atoms with Crippen LogP contribution in [0.3, 0.4) is 0 Å². The molecule has 0 aromatic heterocycles. The number of rotatable bonds is 4. The largest absolute Gasteiger partial charge is 0.493 e. The lowest BCUT2D eigenvalue weighted by atomic mass is 9.98. The number of hydrogen-bond acceptors (Lipinski definition) is 3. The van der Waals surface area contributed by atoms with E-state index in [0.29, 0.717) is 6.04 Å². The molecule has 19 heavy (non-hydrogen) atoms. The highest BCUT2D eigenvalue weighted by Gasteiger charge is 2.22. The number of nitrogens with two attached hydrogens (primary N) is 1. The molecule has 0 amide bonds. The summed E-state index contributed by atoms with van der Waals surface area (Å²) in [6, 6.07) is 7.37. The maximum absolute atomic E-state index is 5.75. The highest BCUT2D eigenvalue weighted by Crippen LogP contribution is 2.28. The van der Waals surface area contributed by atoms with Gasteiger partial charge in [-0.25, -0.2) is 0 Å². The predicted molar refractivity (Wildman–Crippen MR) is 77.4 cm³/mol. The van der Waals surface area contributed by atoms with E-state index in [1.807, 2.05) is 0 Å². The van der Waals surface area contributed by atoms with E-state index in [-0.39, 0.29) is 0 Å². The van der Waals surface area contributed by atoms with Crippen molar-refractivity contribution in [2.75, 3.05) is 19.7 Å². The van der Waals surface area contributed by atoms with Crippen LogP contribution in [0.15, 0.2) is 18.2 Å². The number of nitrogens with zero attached hydrogens (tertiary/aromatic N) is 1. The molecule has 1 atom stereocenters. The summed E-state index contributed by atoms with van der Waals surface area (Å²) in [4.78, 5) is 2.62. The van der Waals surface area contributed by atoms with Gasteiger partial charge in [0.1, 0.15) is 5.75 Å². The Morgan fingerprint density at radius 2 is 2.26 bits per heavy atom. The van der Waals surface area contributed by atoms with Crippen LogP contribution in [-0.4, -0.2) is 30.6 Å². The lowest BCUT2D eigenvalue weighted by Gasteiger charge is -2.35. The third-order valence-corrected chi connectivity index (χ3v) is 4.39. The van der Waals surface area contributed by atoms with Crippen molar-refractivity contribution in [1.82, 2.24) is 4.90 Å². The van der Waals surface area contributed by atoms with Gasteiger partial charge in [0.25, 0.3) is 0 Å². The van der Waals surface area contributed by atoms with Gasteiger partial charge in [0.05, 0.1) is 6.61 Å². The summed E-state index contributed by atoms with van der Waals surface area (Å²) in [5, 5.41) is 0. The standard InChI is InChI=1S/C16H24N2O/c17-8-6-15-3-1-2-9-18(15)12-13-4-5-16-14(11-13)7-10-19-16/h4-5,11,15H,1-3,6-10,12,17H2. The first-order valence-corrected chi connectivity index (χ1v) is 7.55. The zero-order chi connectivity index (χ0) is 13.1. The Morgan fingerprint density at radius 1 is 1.32 bits per heavy atom. The summed E-state index contributed by atoms with van der Waals surface area (Å²) < 4.78 is 5.57. The van der Waals surface area contributed by atoms with Crippen molar-refractivity contribution >= 4 is 0 Å². The number of likely N-dealkylation sites (tertiary alicyclic amines) is 1. The van der Waals surface area contributed by atoms with E-state index in [1.54, 1.807) is 0 Å². The molecule has 0 radical (unpaired) electrons. The Labute approximate surface area is 115 Å². The highest BCUT2D eigenvalue weighted by atomic mass is 16.5. The molecule has 0 saturated carbocycles. The summed E-state index contributed by atoms with van der Waals surface area (Å²) in [6.07, 6.45) is 6.20. The summed E-state index contributed by atoms with van der Waals surface area (Å²) in [6.45, 7) is 3.94. The van der Waals surface area contributed by atoms with Gasteiger partial charge in [0, 0.05) is 19.0 Å². The molecular weight excluding hydrogens is 236 g/mol. The molecule has 1 fully saturated rings. The van der Waals surface area contributed by atoms with Crippen LogP contribution in [0.4, 0.5) is 0 Å². The number of piperidine rings is 1. The molecule has 104 valence electrons. The van der Waals surface area contributed by atoms with Crippen LogP contribution in [0.1, 0.15) is 36.8 Å². The number of fused-ring (bicyclic) bond motifs is 1. The smallest absolute Gasteiger partial charge is 0.122 e. The van der Waals surface area contributed by atoms with Crippen molar-refractivity contribution in [3.63, 3.8) is 0 Å². The van der Waals surface area contributed by atoms with Gasteiger partial charge >= 0.3 is 0 Å². The molecule has 3 rings (SSSR count). The van der Waals surface area contributed by atoms with E-state index in [2.05, 4.69) is 23.1 Å². The maximum Gasteiger partial charge on any atom is 0.122 e. The topological polar surface area (TPSA) is 38.5 Å². The molecule has 2 N–H and O–H groups in total. The van der Waals surface area contributed by atoms with Gasteiger partial charge in [-0.2, -0.15) is 0 Å². The van der Waals surface area contributed by atoms with Gasteiger partial charge in [-0.1, -0.05) is 18.6 Å². The Kier molecular flexibility index (Phi) is 4.04. The van der Waals surface area contributed by atoms with Crippen molar-refractivity contribution in [2.45, 2.75) is 44.7 Å². The summed E-state index contributed by atoms with van der Waals surface area (Å²) in [5.74, 6) is 1.08. The Hall–Kier alpha value is -1.06. The van der Waals surface area contributed by atoms with Crippen LogP contribution < -0.4 is 10.5 Å². The van der Waals surface area contributed by atoms with E-state index < -0.39 is 0 Å².